The minimum absolute atomic E-state index is 0.0308. The Labute approximate surface area is 94.2 Å². The van der Waals surface area contributed by atoms with E-state index in [0.29, 0.717) is 5.69 Å². The van der Waals surface area contributed by atoms with Crippen molar-refractivity contribution in [3.8, 4) is 0 Å². The number of hydrogen-bond donors (Lipinski definition) is 1. The summed E-state index contributed by atoms with van der Waals surface area (Å²) in [5, 5.41) is 4.85. The van der Waals surface area contributed by atoms with Gasteiger partial charge in [-0.25, -0.2) is 18.5 Å². The van der Waals surface area contributed by atoms with Gasteiger partial charge in [0.2, 0.25) is 10.0 Å². The Morgan fingerprint density at radius 1 is 1.50 bits per heavy atom. The quantitative estimate of drug-likeness (QED) is 0.784. The summed E-state index contributed by atoms with van der Waals surface area (Å²) in [5.41, 5.74) is 0.430. The van der Waals surface area contributed by atoms with E-state index in [1.165, 1.54) is 17.0 Å². The summed E-state index contributed by atoms with van der Waals surface area (Å²) in [6, 6.07) is 1.41. The highest BCUT2D eigenvalue weighted by Crippen LogP contribution is 2.06. The summed E-state index contributed by atoms with van der Waals surface area (Å²) in [6.07, 6.45) is 1.35. The highest BCUT2D eigenvalue weighted by Gasteiger charge is 2.06. The van der Waals surface area contributed by atoms with Crippen LogP contribution in [0.15, 0.2) is 17.2 Å². The Kier molecular flexibility index (Phi) is 3.82. The lowest BCUT2D eigenvalue weighted by Crippen LogP contribution is -2.27. The average Bonchev–Trinajstić information content (AvgIpc) is 2.14. The highest BCUT2D eigenvalue weighted by atomic mass is 32.2. The third-order valence-corrected chi connectivity index (χ3v) is 2.86. The van der Waals surface area contributed by atoms with Crippen LogP contribution in [0.5, 0.6) is 0 Å². The fourth-order valence-electron chi connectivity index (χ4n) is 1.15. The van der Waals surface area contributed by atoms with Gasteiger partial charge < -0.3 is 0 Å². The number of primary sulfonamides is 1. The van der Waals surface area contributed by atoms with Crippen molar-refractivity contribution in [2.75, 3.05) is 5.75 Å². The van der Waals surface area contributed by atoms with Crippen LogP contribution in [0, 0.1) is 0 Å². The lowest BCUT2D eigenvalue weighted by Gasteiger charge is -2.07. The predicted octanol–water partition coefficient (Wildman–Crippen LogP) is -0.345. The number of aryl methyl sites for hydroxylation is 1. The third-order valence-electron chi connectivity index (χ3n) is 2.11. The smallest absolute Gasteiger partial charge is 0.253 e. The minimum atomic E-state index is -3.55. The molecule has 0 spiro atoms. The molecule has 7 heteroatoms. The van der Waals surface area contributed by atoms with E-state index >= 15 is 0 Å². The van der Waals surface area contributed by atoms with Crippen molar-refractivity contribution in [1.29, 1.82) is 0 Å². The largest absolute Gasteiger partial charge is 0.298 e. The number of sulfonamides is 1. The van der Waals surface area contributed by atoms with Crippen molar-refractivity contribution in [1.82, 2.24) is 9.55 Å². The van der Waals surface area contributed by atoms with Crippen molar-refractivity contribution in [3.63, 3.8) is 0 Å². The van der Waals surface area contributed by atoms with Crippen molar-refractivity contribution in [2.45, 2.75) is 26.3 Å². The number of rotatable bonds is 4. The second-order valence-electron chi connectivity index (χ2n) is 3.87. The topological polar surface area (TPSA) is 95.0 Å². The van der Waals surface area contributed by atoms with Crippen LogP contribution in [0.1, 0.15) is 25.5 Å². The summed E-state index contributed by atoms with van der Waals surface area (Å²) in [5.74, 6) is -0.101. The van der Waals surface area contributed by atoms with Crippen LogP contribution in [0.25, 0.3) is 0 Å². The van der Waals surface area contributed by atoms with E-state index in [-0.39, 0.29) is 23.8 Å². The first-order valence-corrected chi connectivity index (χ1v) is 6.58. The molecule has 0 aliphatic heterocycles. The van der Waals surface area contributed by atoms with E-state index in [1.807, 2.05) is 13.8 Å². The first-order valence-electron chi connectivity index (χ1n) is 4.86. The predicted molar refractivity (Wildman–Crippen MR) is 60.6 cm³/mol. The lowest BCUT2D eigenvalue weighted by molar-refractivity contribution is 0.587. The Hall–Kier alpha value is -1.21. The number of hydrogen-bond acceptors (Lipinski definition) is 4. The molecule has 90 valence electrons. The molecular formula is C9H15N3O3S. The Bertz CT molecular complexity index is 519. The molecule has 0 aliphatic rings. The van der Waals surface area contributed by atoms with Gasteiger partial charge in [0.1, 0.15) is 0 Å². The lowest BCUT2D eigenvalue weighted by atomic mass is 10.1. The van der Waals surface area contributed by atoms with E-state index in [1.54, 1.807) is 0 Å². The molecule has 0 fully saturated rings. The maximum absolute atomic E-state index is 11.5. The SMILES string of the molecule is CC(C)c1cc(=O)n(CCS(N)(=O)=O)cn1. The number of nitrogens with two attached hydrogens (primary N) is 1. The molecule has 1 heterocycles. The molecule has 1 aromatic rings. The van der Waals surface area contributed by atoms with E-state index in [2.05, 4.69) is 4.98 Å². The molecule has 0 aromatic carbocycles. The first-order chi connectivity index (χ1) is 7.29. The van der Waals surface area contributed by atoms with Gasteiger partial charge in [0, 0.05) is 12.6 Å². The molecule has 16 heavy (non-hydrogen) atoms. The second kappa shape index (κ2) is 4.75. The van der Waals surface area contributed by atoms with E-state index in [4.69, 9.17) is 5.14 Å². The molecule has 0 aliphatic carbocycles. The summed E-state index contributed by atoms with van der Waals surface area (Å²) in [7, 11) is -3.55. The molecule has 6 nitrogen and oxygen atoms in total. The van der Waals surface area contributed by atoms with Gasteiger partial charge in [0.25, 0.3) is 5.56 Å². The van der Waals surface area contributed by atoms with Crippen molar-refractivity contribution >= 4 is 10.0 Å². The zero-order valence-corrected chi connectivity index (χ0v) is 10.1. The van der Waals surface area contributed by atoms with E-state index < -0.39 is 10.0 Å². The fourth-order valence-corrected chi connectivity index (χ4v) is 1.60. The zero-order chi connectivity index (χ0) is 12.3. The molecule has 0 atom stereocenters. The van der Waals surface area contributed by atoms with Crippen molar-refractivity contribution in [2.24, 2.45) is 5.14 Å². The van der Waals surface area contributed by atoms with Crippen LogP contribution < -0.4 is 10.7 Å². The summed E-state index contributed by atoms with van der Waals surface area (Å²) < 4.78 is 22.7. The first kappa shape index (κ1) is 12.9. The van der Waals surface area contributed by atoms with Crippen LogP contribution in [0.3, 0.4) is 0 Å². The van der Waals surface area contributed by atoms with E-state index in [9.17, 15) is 13.2 Å². The highest BCUT2D eigenvalue weighted by molar-refractivity contribution is 7.89. The van der Waals surface area contributed by atoms with Gasteiger partial charge >= 0.3 is 0 Å². The molecule has 1 rings (SSSR count). The van der Waals surface area contributed by atoms with Crippen LogP contribution >= 0.6 is 0 Å². The molecule has 0 radical (unpaired) electrons. The zero-order valence-electron chi connectivity index (χ0n) is 9.25. The summed E-state index contributed by atoms with van der Waals surface area (Å²) in [4.78, 5) is 15.6. The maximum atomic E-state index is 11.5. The van der Waals surface area contributed by atoms with Gasteiger partial charge in [-0.3, -0.25) is 9.36 Å². The summed E-state index contributed by atoms with van der Waals surface area (Å²) >= 11 is 0. The molecule has 1 aromatic heterocycles. The third kappa shape index (κ3) is 3.74. The molecular weight excluding hydrogens is 230 g/mol. The molecule has 0 saturated carbocycles. The molecule has 2 N–H and O–H groups in total. The van der Waals surface area contributed by atoms with Crippen LogP contribution in [0.2, 0.25) is 0 Å². The van der Waals surface area contributed by atoms with Gasteiger partial charge in [-0.2, -0.15) is 0 Å². The van der Waals surface area contributed by atoms with Gasteiger partial charge in [0.05, 0.1) is 17.8 Å². The van der Waals surface area contributed by atoms with Gasteiger partial charge in [-0.1, -0.05) is 13.8 Å². The molecule has 0 amide bonds. The molecule has 0 unspecified atom stereocenters. The van der Waals surface area contributed by atoms with E-state index in [0.717, 1.165) is 0 Å². The fraction of sp³-hybridized carbons (Fsp3) is 0.556. The van der Waals surface area contributed by atoms with Crippen LogP contribution in [-0.2, 0) is 16.6 Å². The van der Waals surface area contributed by atoms with Crippen molar-refractivity contribution < 1.29 is 8.42 Å². The second-order valence-corrected chi connectivity index (χ2v) is 5.60. The van der Waals surface area contributed by atoms with Gasteiger partial charge in [0.15, 0.2) is 0 Å². The standard InChI is InChI=1S/C9H15N3O3S/c1-7(2)8-5-9(13)12(6-11-8)3-4-16(10,14)15/h5-7H,3-4H2,1-2H3,(H2,10,14,15). The van der Waals surface area contributed by atoms with Gasteiger partial charge in [-0.15, -0.1) is 0 Å². The molecule has 0 bridgehead atoms. The van der Waals surface area contributed by atoms with Crippen LogP contribution in [-0.4, -0.2) is 23.7 Å². The number of nitrogens with zero attached hydrogens (tertiary/aromatic N) is 2. The van der Waals surface area contributed by atoms with Crippen molar-refractivity contribution in [3.05, 3.63) is 28.4 Å². The average molecular weight is 245 g/mol. The monoisotopic (exact) mass is 245 g/mol. The number of aromatic nitrogens is 2. The Balaban J connectivity index is 2.88. The maximum Gasteiger partial charge on any atom is 0.253 e. The molecule has 0 saturated heterocycles. The summed E-state index contributed by atoms with van der Waals surface area (Å²) in [6.45, 7) is 3.88. The Morgan fingerprint density at radius 2 is 2.12 bits per heavy atom. The van der Waals surface area contributed by atoms with Gasteiger partial charge in [-0.05, 0) is 5.92 Å². The normalized spacial score (nSPS) is 12.0. The minimum Gasteiger partial charge on any atom is -0.298 e. The Morgan fingerprint density at radius 3 is 2.56 bits per heavy atom. The van der Waals surface area contributed by atoms with Crippen LogP contribution in [0.4, 0.5) is 0 Å².